The Hall–Kier alpha value is -1.72. The molecule has 0 bridgehead atoms. The van der Waals surface area contributed by atoms with Gasteiger partial charge in [-0.05, 0) is 36.2 Å². The number of benzene rings is 1. The second-order valence-electron chi connectivity index (χ2n) is 6.10. The van der Waals surface area contributed by atoms with E-state index in [0.717, 1.165) is 34.4 Å². The molecule has 2 aromatic rings. The monoisotopic (exact) mass is 374 g/mol. The van der Waals surface area contributed by atoms with Crippen molar-refractivity contribution >= 4 is 21.9 Å². The number of nitrogens with zero attached hydrogens (tertiary/aromatic N) is 2. The third kappa shape index (κ3) is 3.79. The number of carbonyl (C=O) groups is 1. The molecule has 1 fully saturated rings. The van der Waals surface area contributed by atoms with Crippen LogP contribution in [0.1, 0.15) is 22.7 Å². The van der Waals surface area contributed by atoms with Gasteiger partial charge in [-0.1, -0.05) is 34.1 Å². The van der Waals surface area contributed by atoms with Crippen molar-refractivity contribution < 1.29 is 9.90 Å². The Kier molecular flexibility index (Phi) is 4.78. The summed E-state index contributed by atoms with van der Waals surface area (Å²) in [5, 5.41) is 9.57. The lowest BCUT2D eigenvalue weighted by molar-refractivity contribution is -0.141. The molecule has 0 radical (unpaired) electrons. The van der Waals surface area contributed by atoms with Gasteiger partial charge in [0.25, 0.3) is 0 Å². The van der Waals surface area contributed by atoms with Crippen LogP contribution in [0, 0.1) is 12.8 Å². The fourth-order valence-corrected chi connectivity index (χ4v) is 3.43. The molecule has 1 aromatic carbocycles. The smallest absolute Gasteiger partial charge is 0.308 e. The van der Waals surface area contributed by atoms with E-state index in [4.69, 9.17) is 0 Å². The number of aliphatic carboxylic acids is 1. The molecule has 0 aliphatic carbocycles. The zero-order valence-electron chi connectivity index (χ0n) is 12.9. The van der Waals surface area contributed by atoms with E-state index in [1.165, 1.54) is 0 Å². The molecule has 5 heteroatoms. The summed E-state index contributed by atoms with van der Waals surface area (Å²) in [6, 6.07) is 12.0. The first-order valence-electron chi connectivity index (χ1n) is 7.65. The van der Waals surface area contributed by atoms with Crippen LogP contribution in [0.4, 0.5) is 0 Å². The molecular formula is C18H19BrN2O2. The number of halogens is 1. The van der Waals surface area contributed by atoms with E-state index in [2.05, 4.69) is 31.9 Å². The molecule has 0 spiro atoms. The minimum Gasteiger partial charge on any atom is -0.481 e. The summed E-state index contributed by atoms with van der Waals surface area (Å²) in [7, 11) is 0. The summed E-state index contributed by atoms with van der Waals surface area (Å²) in [6.07, 6.45) is 1.87. The molecule has 120 valence electrons. The Morgan fingerprint density at radius 3 is 2.61 bits per heavy atom. The van der Waals surface area contributed by atoms with Gasteiger partial charge in [0.1, 0.15) is 0 Å². The lowest BCUT2D eigenvalue weighted by Gasteiger charge is -2.16. The van der Waals surface area contributed by atoms with Crippen molar-refractivity contribution in [3.63, 3.8) is 0 Å². The Bertz CT molecular complexity index is 685. The first kappa shape index (κ1) is 16.1. The molecule has 0 unspecified atom stereocenters. The molecule has 1 N–H and O–H groups in total. The summed E-state index contributed by atoms with van der Waals surface area (Å²) in [6.45, 7) is 4.03. The molecule has 1 aromatic heterocycles. The lowest BCUT2D eigenvalue weighted by atomic mass is 9.89. The number of aryl methyl sites for hydroxylation is 1. The van der Waals surface area contributed by atoms with Crippen molar-refractivity contribution in [2.75, 3.05) is 13.1 Å². The van der Waals surface area contributed by atoms with E-state index < -0.39 is 5.97 Å². The van der Waals surface area contributed by atoms with Gasteiger partial charge in [-0.25, -0.2) is 0 Å². The normalized spacial score (nSPS) is 21.5. The largest absolute Gasteiger partial charge is 0.481 e. The number of likely N-dealkylation sites (tertiary alicyclic amines) is 1. The predicted molar refractivity (Wildman–Crippen MR) is 92.3 cm³/mol. The molecule has 0 saturated carbocycles. The van der Waals surface area contributed by atoms with Gasteiger partial charge in [-0.2, -0.15) is 0 Å². The SMILES string of the molecule is Cc1ccc(CN2C[C@@H](C(=O)O)[C@H](c3ccc(Br)cc3)C2)cn1. The maximum absolute atomic E-state index is 11.6. The summed E-state index contributed by atoms with van der Waals surface area (Å²) in [5.41, 5.74) is 3.20. The van der Waals surface area contributed by atoms with Crippen molar-refractivity contribution in [1.29, 1.82) is 0 Å². The molecule has 1 aliphatic heterocycles. The average molecular weight is 375 g/mol. The number of carboxylic acids is 1. The minimum absolute atomic E-state index is 0.0269. The Morgan fingerprint density at radius 1 is 1.26 bits per heavy atom. The molecular weight excluding hydrogens is 356 g/mol. The predicted octanol–water partition coefficient (Wildman–Crippen LogP) is 3.45. The number of hydrogen-bond donors (Lipinski definition) is 1. The fraction of sp³-hybridized carbons (Fsp3) is 0.333. The first-order valence-corrected chi connectivity index (χ1v) is 8.44. The van der Waals surface area contributed by atoms with Gasteiger partial charge in [0.15, 0.2) is 0 Å². The van der Waals surface area contributed by atoms with Gasteiger partial charge in [-0.3, -0.25) is 14.7 Å². The molecule has 3 rings (SSSR count). The number of aromatic nitrogens is 1. The van der Waals surface area contributed by atoms with Crippen LogP contribution >= 0.6 is 15.9 Å². The highest BCUT2D eigenvalue weighted by Crippen LogP contribution is 2.34. The van der Waals surface area contributed by atoms with Crippen LogP contribution in [-0.4, -0.2) is 34.0 Å². The van der Waals surface area contributed by atoms with E-state index in [9.17, 15) is 9.90 Å². The fourth-order valence-electron chi connectivity index (χ4n) is 3.16. The number of hydrogen-bond acceptors (Lipinski definition) is 3. The molecule has 2 heterocycles. The van der Waals surface area contributed by atoms with Gasteiger partial charge >= 0.3 is 5.97 Å². The van der Waals surface area contributed by atoms with Crippen LogP contribution < -0.4 is 0 Å². The maximum Gasteiger partial charge on any atom is 0.308 e. The van der Waals surface area contributed by atoms with Crippen LogP contribution in [-0.2, 0) is 11.3 Å². The van der Waals surface area contributed by atoms with E-state index in [-0.39, 0.29) is 11.8 Å². The summed E-state index contributed by atoms with van der Waals surface area (Å²) < 4.78 is 1.01. The highest BCUT2D eigenvalue weighted by atomic mass is 79.9. The quantitative estimate of drug-likeness (QED) is 0.890. The highest BCUT2D eigenvalue weighted by molar-refractivity contribution is 9.10. The van der Waals surface area contributed by atoms with Gasteiger partial charge in [-0.15, -0.1) is 0 Å². The van der Waals surface area contributed by atoms with Gasteiger partial charge < -0.3 is 5.11 Å². The van der Waals surface area contributed by atoms with E-state index in [0.29, 0.717) is 6.54 Å². The molecule has 4 nitrogen and oxygen atoms in total. The summed E-state index contributed by atoms with van der Waals surface area (Å²) >= 11 is 3.43. The maximum atomic E-state index is 11.6. The van der Waals surface area contributed by atoms with Crippen LogP contribution in [0.3, 0.4) is 0 Å². The van der Waals surface area contributed by atoms with E-state index in [1.54, 1.807) is 0 Å². The highest BCUT2D eigenvalue weighted by Gasteiger charge is 2.38. The molecule has 2 atom stereocenters. The Morgan fingerprint density at radius 2 is 2.00 bits per heavy atom. The number of carboxylic acid groups (broad SMARTS) is 1. The molecule has 23 heavy (non-hydrogen) atoms. The standard InChI is InChI=1S/C18H19BrN2O2/c1-12-2-3-13(8-20-12)9-21-10-16(17(11-21)18(22)23)14-4-6-15(19)7-5-14/h2-8,16-17H,9-11H2,1H3,(H,22,23)/t16-,17+/m0/s1. The van der Waals surface area contributed by atoms with Crippen molar-refractivity contribution in [3.8, 4) is 0 Å². The lowest BCUT2D eigenvalue weighted by Crippen LogP contribution is -2.23. The van der Waals surface area contributed by atoms with Crippen LogP contribution in [0.5, 0.6) is 0 Å². The van der Waals surface area contributed by atoms with Crippen molar-refractivity contribution in [1.82, 2.24) is 9.88 Å². The Balaban J connectivity index is 1.76. The van der Waals surface area contributed by atoms with Crippen LogP contribution in [0.2, 0.25) is 0 Å². The topological polar surface area (TPSA) is 53.4 Å². The average Bonchev–Trinajstić information content (AvgIpc) is 2.94. The zero-order valence-corrected chi connectivity index (χ0v) is 14.5. The van der Waals surface area contributed by atoms with Crippen molar-refractivity contribution in [2.24, 2.45) is 5.92 Å². The van der Waals surface area contributed by atoms with E-state index in [1.807, 2.05) is 43.5 Å². The number of pyridine rings is 1. The van der Waals surface area contributed by atoms with Gasteiger partial charge in [0.05, 0.1) is 5.92 Å². The van der Waals surface area contributed by atoms with Gasteiger partial charge in [0, 0.05) is 41.9 Å². The Labute approximate surface area is 144 Å². The van der Waals surface area contributed by atoms with Crippen LogP contribution in [0.15, 0.2) is 47.1 Å². The third-order valence-electron chi connectivity index (χ3n) is 4.39. The van der Waals surface area contributed by atoms with Crippen molar-refractivity contribution in [2.45, 2.75) is 19.4 Å². The first-order chi connectivity index (χ1) is 11.0. The second kappa shape index (κ2) is 6.81. The zero-order chi connectivity index (χ0) is 16.4. The van der Waals surface area contributed by atoms with Crippen molar-refractivity contribution in [3.05, 3.63) is 63.9 Å². The molecule has 0 amide bonds. The van der Waals surface area contributed by atoms with E-state index >= 15 is 0 Å². The summed E-state index contributed by atoms with van der Waals surface area (Å²) in [5.74, 6) is -1.06. The molecule has 1 saturated heterocycles. The minimum atomic E-state index is -0.720. The summed E-state index contributed by atoms with van der Waals surface area (Å²) in [4.78, 5) is 18.2. The number of rotatable bonds is 4. The molecule has 1 aliphatic rings. The van der Waals surface area contributed by atoms with Crippen LogP contribution in [0.25, 0.3) is 0 Å². The second-order valence-corrected chi connectivity index (χ2v) is 7.02. The third-order valence-corrected chi connectivity index (χ3v) is 4.92. The van der Waals surface area contributed by atoms with Gasteiger partial charge in [0.2, 0.25) is 0 Å².